The molecule has 19 heavy (non-hydrogen) atoms. The first kappa shape index (κ1) is 14.4. The van der Waals surface area contributed by atoms with E-state index in [1.807, 2.05) is 0 Å². The van der Waals surface area contributed by atoms with Crippen LogP contribution in [0.25, 0.3) is 0 Å². The van der Waals surface area contributed by atoms with Crippen LogP contribution in [0.4, 0.5) is 8.78 Å². The van der Waals surface area contributed by atoms with Crippen LogP contribution in [0.3, 0.4) is 0 Å². The van der Waals surface area contributed by atoms with E-state index in [1.165, 1.54) is 24.6 Å². The molecule has 106 valence electrons. The minimum absolute atomic E-state index is 0.0774. The number of ether oxygens (including phenoxy) is 1. The third-order valence-corrected chi connectivity index (χ3v) is 3.77. The van der Waals surface area contributed by atoms with Crippen LogP contribution >= 0.6 is 0 Å². The van der Waals surface area contributed by atoms with Crippen molar-refractivity contribution in [1.82, 2.24) is 0 Å². The number of halogens is 2. The Morgan fingerprint density at radius 2 is 2.00 bits per heavy atom. The third kappa shape index (κ3) is 3.74. The molecule has 1 fully saturated rings. The largest absolute Gasteiger partial charge is 0.376 e. The monoisotopic (exact) mass is 269 g/mol. The lowest BCUT2D eigenvalue weighted by Gasteiger charge is -2.28. The molecule has 0 spiro atoms. The zero-order valence-electron chi connectivity index (χ0n) is 11.2. The maximum Gasteiger partial charge on any atom is 0.130 e. The Morgan fingerprint density at radius 3 is 2.63 bits per heavy atom. The van der Waals surface area contributed by atoms with Gasteiger partial charge in [0.25, 0.3) is 0 Å². The first-order chi connectivity index (χ1) is 9.08. The maximum atomic E-state index is 13.6. The number of hydrogen-bond donors (Lipinski definition) is 1. The van der Waals surface area contributed by atoms with Crippen LogP contribution in [-0.4, -0.2) is 12.7 Å². The Labute approximate surface area is 112 Å². The highest BCUT2D eigenvalue weighted by Gasteiger charge is 2.22. The Morgan fingerprint density at radius 1 is 1.32 bits per heavy atom. The second-order valence-electron chi connectivity index (χ2n) is 5.47. The fraction of sp³-hybridized carbons (Fsp3) is 0.600. The second-order valence-corrected chi connectivity index (χ2v) is 5.47. The Bertz CT molecular complexity index is 404. The normalized spacial score (nSPS) is 25.3. The molecule has 1 saturated carbocycles. The average molecular weight is 269 g/mol. The van der Waals surface area contributed by atoms with Crippen molar-refractivity contribution in [3.8, 4) is 0 Å². The Hall–Kier alpha value is -1.00. The Balaban J connectivity index is 1.92. The lowest BCUT2D eigenvalue weighted by Crippen LogP contribution is -2.27. The van der Waals surface area contributed by atoms with Gasteiger partial charge < -0.3 is 10.5 Å². The maximum absolute atomic E-state index is 13.6. The summed E-state index contributed by atoms with van der Waals surface area (Å²) in [6.07, 6.45) is 4.57. The van der Waals surface area contributed by atoms with Crippen LogP contribution < -0.4 is 5.73 Å². The van der Waals surface area contributed by atoms with Gasteiger partial charge in [-0.05, 0) is 30.9 Å². The zero-order valence-corrected chi connectivity index (χ0v) is 11.2. The molecule has 0 amide bonds. The molecule has 0 bridgehead atoms. The van der Waals surface area contributed by atoms with E-state index in [1.54, 1.807) is 0 Å². The highest BCUT2D eigenvalue weighted by Crippen LogP contribution is 2.27. The van der Waals surface area contributed by atoms with Gasteiger partial charge in [-0.25, -0.2) is 8.78 Å². The van der Waals surface area contributed by atoms with Crippen LogP contribution in [-0.2, 0) is 4.74 Å². The molecular weight excluding hydrogens is 248 g/mol. The summed E-state index contributed by atoms with van der Waals surface area (Å²) in [6, 6.07) is 3.03. The van der Waals surface area contributed by atoms with E-state index in [9.17, 15) is 8.78 Å². The molecule has 3 atom stereocenters. The van der Waals surface area contributed by atoms with Gasteiger partial charge in [-0.1, -0.05) is 25.8 Å². The lowest BCUT2D eigenvalue weighted by molar-refractivity contribution is 0.00778. The summed E-state index contributed by atoms with van der Waals surface area (Å²) in [5, 5.41) is 0. The van der Waals surface area contributed by atoms with E-state index in [2.05, 4.69) is 6.92 Å². The third-order valence-electron chi connectivity index (χ3n) is 3.77. The predicted molar refractivity (Wildman–Crippen MR) is 70.7 cm³/mol. The molecule has 1 aromatic rings. The number of hydrogen-bond acceptors (Lipinski definition) is 2. The number of rotatable bonds is 4. The van der Waals surface area contributed by atoms with Crippen molar-refractivity contribution >= 4 is 0 Å². The highest BCUT2D eigenvalue weighted by atomic mass is 19.1. The molecular formula is C15H21F2NO. The van der Waals surface area contributed by atoms with Gasteiger partial charge in [-0.3, -0.25) is 0 Å². The molecule has 0 saturated heterocycles. The van der Waals surface area contributed by atoms with Gasteiger partial charge in [-0.15, -0.1) is 0 Å². The average Bonchev–Trinajstić information content (AvgIpc) is 2.36. The quantitative estimate of drug-likeness (QED) is 0.907. The van der Waals surface area contributed by atoms with Crippen molar-refractivity contribution in [3.05, 3.63) is 35.4 Å². The molecule has 0 aliphatic heterocycles. The van der Waals surface area contributed by atoms with Crippen molar-refractivity contribution in [3.63, 3.8) is 0 Å². The van der Waals surface area contributed by atoms with Crippen LogP contribution in [0.1, 0.15) is 44.2 Å². The van der Waals surface area contributed by atoms with Gasteiger partial charge >= 0.3 is 0 Å². The summed E-state index contributed by atoms with van der Waals surface area (Å²) >= 11 is 0. The zero-order chi connectivity index (χ0) is 13.8. The summed E-state index contributed by atoms with van der Waals surface area (Å²) in [6.45, 7) is 2.36. The molecule has 4 heteroatoms. The van der Waals surface area contributed by atoms with Crippen LogP contribution in [0.5, 0.6) is 0 Å². The molecule has 2 nitrogen and oxygen atoms in total. The van der Waals surface area contributed by atoms with E-state index in [4.69, 9.17) is 10.5 Å². The van der Waals surface area contributed by atoms with E-state index in [0.717, 1.165) is 19.3 Å². The SMILES string of the molecule is CC1CCCC(OCC(N)c2c(F)cccc2F)C1. The molecule has 2 N–H and O–H groups in total. The van der Waals surface area contributed by atoms with Crippen LogP contribution in [0, 0.1) is 17.6 Å². The predicted octanol–water partition coefficient (Wildman–Crippen LogP) is 3.56. The molecule has 1 aromatic carbocycles. The highest BCUT2D eigenvalue weighted by molar-refractivity contribution is 5.23. The van der Waals surface area contributed by atoms with Crippen molar-refractivity contribution in [2.75, 3.05) is 6.61 Å². The van der Waals surface area contributed by atoms with Crippen molar-refractivity contribution in [1.29, 1.82) is 0 Å². The first-order valence-electron chi connectivity index (χ1n) is 6.89. The van der Waals surface area contributed by atoms with Crippen LogP contribution in [0.15, 0.2) is 18.2 Å². The van der Waals surface area contributed by atoms with Crippen LogP contribution in [0.2, 0.25) is 0 Å². The lowest BCUT2D eigenvalue weighted by atomic mass is 9.89. The van der Waals surface area contributed by atoms with Gasteiger partial charge in [0, 0.05) is 5.56 Å². The van der Waals surface area contributed by atoms with Gasteiger partial charge in [0.2, 0.25) is 0 Å². The summed E-state index contributed by atoms with van der Waals surface area (Å²) in [4.78, 5) is 0. The molecule has 0 heterocycles. The number of nitrogens with two attached hydrogens (primary N) is 1. The number of benzene rings is 1. The molecule has 0 aromatic heterocycles. The molecule has 3 unspecified atom stereocenters. The van der Waals surface area contributed by atoms with E-state index in [0.29, 0.717) is 5.92 Å². The first-order valence-corrected chi connectivity index (χ1v) is 6.89. The summed E-state index contributed by atoms with van der Waals surface area (Å²) in [7, 11) is 0. The summed E-state index contributed by atoms with van der Waals surface area (Å²) < 4.78 is 32.8. The van der Waals surface area contributed by atoms with Gasteiger partial charge in [-0.2, -0.15) is 0 Å². The minimum Gasteiger partial charge on any atom is -0.376 e. The standard InChI is InChI=1S/C15H21F2NO/c1-10-4-2-5-11(8-10)19-9-14(18)15-12(16)6-3-7-13(15)17/h3,6-7,10-11,14H,2,4-5,8-9,18H2,1H3. The topological polar surface area (TPSA) is 35.2 Å². The van der Waals surface area contributed by atoms with Crippen molar-refractivity contribution in [2.45, 2.75) is 44.8 Å². The van der Waals surface area contributed by atoms with E-state index in [-0.39, 0.29) is 18.3 Å². The fourth-order valence-corrected chi connectivity index (χ4v) is 2.72. The van der Waals surface area contributed by atoms with E-state index < -0.39 is 17.7 Å². The van der Waals surface area contributed by atoms with Crippen molar-refractivity contribution < 1.29 is 13.5 Å². The summed E-state index contributed by atoms with van der Waals surface area (Å²) in [5.41, 5.74) is 5.77. The molecule has 1 aliphatic rings. The Kier molecular flexibility index (Phi) is 4.88. The smallest absolute Gasteiger partial charge is 0.130 e. The molecule has 2 rings (SSSR count). The fourth-order valence-electron chi connectivity index (χ4n) is 2.72. The molecule has 0 radical (unpaired) electrons. The second kappa shape index (κ2) is 6.44. The minimum atomic E-state index is -0.751. The summed E-state index contributed by atoms with van der Waals surface area (Å²) in [5.74, 6) is -0.554. The van der Waals surface area contributed by atoms with Gasteiger partial charge in [0.15, 0.2) is 0 Å². The molecule has 1 aliphatic carbocycles. The van der Waals surface area contributed by atoms with Gasteiger partial charge in [0.05, 0.1) is 18.8 Å². The van der Waals surface area contributed by atoms with Crippen molar-refractivity contribution in [2.24, 2.45) is 11.7 Å². The van der Waals surface area contributed by atoms with Gasteiger partial charge in [0.1, 0.15) is 11.6 Å². The van der Waals surface area contributed by atoms with E-state index >= 15 is 0 Å².